The van der Waals surface area contributed by atoms with Crippen LogP contribution in [0.3, 0.4) is 0 Å². The van der Waals surface area contributed by atoms with Gasteiger partial charge in [-0.3, -0.25) is 0 Å². The van der Waals surface area contributed by atoms with Crippen molar-refractivity contribution in [1.82, 2.24) is 0 Å². The quantitative estimate of drug-likeness (QED) is 0.202. The van der Waals surface area contributed by atoms with Crippen molar-refractivity contribution in [3.63, 3.8) is 0 Å². The smallest absolute Gasteiger partial charge is 0.192 e. The first-order valence-corrected chi connectivity index (χ1v) is 16.2. The lowest BCUT2D eigenvalue weighted by Crippen LogP contribution is -2.45. The van der Waals surface area contributed by atoms with Gasteiger partial charge in [0, 0.05) is 12.5 Å². The van der Waals surface area contributed by atoms with Crippen LogP contribution in [0.5, 0.6) is 0 Å². The van der Waals surface area contributed by atoms with Gasteiger partial charge in [-0.05, 0) is 87.4 Å². The first-order chi connectivity index (χ1) is 15.6. The molecule has 1 N–H and O–H groups in total. The highest BCUT2D eigenvalue weighted by Gasteiger charge is 2.48. The van der Waals surface area contributed by atoms with E-state index in [0.29, 0.717) is 30.5 Å². The first-order valence-electron chi connectivity index (χ1n) is 13.3. The monoisotopic (exact) mass is 468 g/mol. The third kappa shape index (κ3) is 7.16. The van der Waals surface area contributed by atoms with E-state index in [0.717, 1.165) is 25.7 Å². The summed E-state index contributed by atoms with van der Waals surface area (Å²) < 4.78 is 7.02. The second-order valence-corrected chi connectivity index (χ2v) is 16.8. The molecule has 0 amide bonds. The Morgan fingerprint density at radius 3 is 2.61 bits per heavy atom. The summed E-state index contributed by atoms with van der Waals surface area (Å²) >= 11 is 0. The Balaban J connectivity index is 1.66. The van der Waals surface area contributed by atoms with Crippen LogP contribution in [0, 0.1) is 24.7 Å². The standard InChI is InChI=1S/C30H48O2Si/c1-23-13-12-16-24(19-23)14-9-10-17-27-28-21-25(15-8-7-11-18-31)20-26(28)22-29(27)32-33(5,6)30(2,3)4/h10,12-13,16-17,19-20,26-29,31H,7-9,11,14-15,18,21-22H2,1-6H3/b17-10+/t26-,27+,28-,29+/m0/s1. The van der Waals surface area contributed by atoms with Gasteiger partial charge in [-0.15, -0.1) is 0 Å². The van der Waals surface area contributed by atoms with Gasteiger partial charge in [-0.1, -0.05) is 80.8 Å². The van der Waals surface area contributed by atoms with Crippen molar-refractivity contribution in [2.45, 2.75) is 103 Å². The van der Waals surface area contributed by atoms with Crippen LogP contribution in [0.2, 0.25) is 18.1 Å². The van der Waals surface area contributed by atoms with Gasteiger partial charge in [0.15, 0.2) is 8.32 Å². The molecule has 0 spiro atoms. The zero-order valence-corrected chi connectivity index (χ0v) is 23.1. The van der Waals surface area contributed by atoms with Crippen LogP contribution in [-0.4, -0.2) is 26.1 Å². The third-order valence-corrected chi connectivity index (χ3v) is 12.9. The van der Waals surface area contributed by atoms with E-state index in [1.165, 1.54) is 36.8 Å². The van der Waals surface area contributed by atoms with Gasteiger partial charge < -0.3 is 9.53 Å². The summed E-state index contributed by atoms with van der Waals surface area (Å²) in [7, 11) is -1.79. The molecule has 2 nitrogen and oxygen atoms in total. The van der Waals surface area contributed by atoms with E-state index in [2.05, 4.69) is 83.3 Å². The van der Waals surface area contributed by atoms with Crippen LogP contribution in [-0.2, 0) is 10.8 Å². The van der Waals surface area contributed by atoms with E-state index in [9.17, 15) is 0 Å². The summed E-state index contributed by atoms with van der Waals surface area (Å²) in [6.07, 6.45) is 17.1. The second kappa shape index (κ2) is 11.5. The van der Waals surface area contributed by atoms with Crippen LogP contribution in [0.25, 0.3) is 0 Å². The number of unbranched alkanes of at least 4 members (excludes halogenated alkanes) is 2. The fraction of sp³-hybridized carbons (Fsp3) is 0.667. The topological polar surface area (TPSA) is 29.5 Å². The van der Waals surface area contributed by atoms with E-state index < -0.39 is 8.32 Å². The number of benzene rings is 1. The van der Waals surface area contributed by atoms with Crippen LogP contribution in [0.15, 0.2) is 48.1 Å². The zero-order chi connectivity index (χ0) is 24.1. The fourth-order valence-corrected chi connectivity index (χ4v) is 6.82. The lowest BCUT2D eigenvalue weighted by molar-refractivity contribution is 0.148. The summed E-state index contributed by atoms with van der Waals surface area (Å²) in [6.45, 7) is 14.4. The van der Waals surface area contributed by atoms with Crippen molar-refractivity contribution in [3.8, 4) is 0 Å². The number of aliphatic hydroxyl groups is 1. The lowest BCUT2D eigenvalue weighted by Gasteiger charge is -2.40. The number of hydrogen-bond donors (Lipinski definition) is 1. The predicted molar refractivity (Wildman–Crippen MR) is 144 cm³/mol. The number of hydrogen-bond acceptors (Lipinski definition) is 2. The number of allylic oxidation sites excluding steroid dienone is 3. The summed E-state index contributed by atoms with van der Waals surface area (Å²) in [5, 5.41) is 9.31. The molecule has 0 aliphatic heterocycles. The van der Waals surface area contributed by atoms with Crippen LogP contribution < -0.4 is 0 Å². The maximum atomic E-state index is 9.06. The minimum absolute atomic E-state index is 0.248. The highest BCUT2D eigenvalue weighted by atomic mass is 28.4. The summed E-state index contributed by atoms with van der Waals surface area (Å²) in [5.41, 5.74) is 4.44. The molecule has 1 aromatic carbocycles. The lowest BCUT2D eigenvalue weighted by atomic mass is 9.88. The molecule has 0 saturated heterocycles. The number of rotatable bonds is 11. The Morgan fingerprint density at radius 2 is 1.91 bits per heavy atom. The van der Waals surface area contributed by atoms with E-state index in [-0.39, 0.29) is 5.04 Å². The largest absolute Gasteiger partial charge is 0.413 e. The van der Waals surface area contributed by atoms with E-state index in [1.807, 2.05) is 0 Å². The molecule has 4 atom stereocenters. The van der Waals surface area contributed by atoms with Crippen molar-refractivity contribution in [2.24, 2.45) is 17.8 Å². The van der Waals surface area contributed by atoms with Gasteiger partial charge >= 0.3 is 0 Å². The first kappa shape index (κ1) is 26.4. The van der Waals surface area contributed by atoms with Crippen LogP contribution >= 0.6 is 0 Å². The Labute approximate surface area is 204 Å². The third-order valence-electron chi connectivity index (χ3n) is 8.37. The van der Waals surface area contributed by atoms with Crippen LogP contribution in [0.1, 0.15) is 76.8 Å². The summed E-state index contributed by atoms with van der Waals surface area (Å²) in [4.78, 5) is 0. The molecule has 0 aromatic heterocycles. The number of fused-ring (bicyclic) bond motifs is 1. The number of aryl methyl sites for hydroxylation is 2. The van der Waals surface area contributed by atoms with E-state index >= 15 is 0 Å². The molecular formula is C30H48O2Si. The highest BCUT2D eigenvalue weighted by molar-refractivity contribution is 6.74. The molecule has 184 valence electrons. The molecular weight excluding hydrogens is 420 g/mol. The van der Waals surface area contributed by atoms with Crippen molar-refractivity contribution in [2.75, 3.05) is 6.61 Å². The van der Waals surface area contributed by atoms with Crippen molar-refractivity contribution in [3.05, 3.63) is 59.2 Å². The van der Waals surface area contributed by atoms with Crippen molar-refractivity contribution >= 4 is 8.32 Å². The normalized spacial score (nSPS) is 25.6. The Morgan fingerprint density at radius 1 is 1.12 bits per heavy atom. The molecule has 2 aliphatic carbocycles. The molecule has 3 rings (SSSR count). The SMILES string of the molecule is Cc1cccc(CC/C=C/[C@@H]2[C@H]3CC(CCCCCO)=C[C@H]3C[C@H]2O[Si](C)(C)C(C)(C)C)c1. The molecule has 1 fully saturated rings. The Hall–Kier alpha value is -1.16. The molecule has 0 unspecified atom stereocenters. The van der Waals surface area contributed by atoms with Gasteiger partial charge in [0.2, 0.25) is 0 Å². The van der Waals surface area contributed by atoms with Gasteiger partial charge in [0.25, 0.3) is 0 Å². The van der Waals surface area contributed by atoms with Gasteiger partial charge in [0.05, 0.1) is 6.10 Å². The van der Waals surface area contributed by atoms with Gasteiger partial charge in [-0.2, -0.15) is 0 Å². The average Bonchev–Trinajstić information content (AvgIpc) is 3.25. The molecule has 0 bridgehead atoms. The average molecular weight is 469 g/mol. The molecule has 3 heteroatoms. The molecule has 1 aromatic rings. The van der Waals surface area contributed by atoms with Crippen LogP contribution in [0.4, 0.5) is 0 Å². The Bertz CT molecular complexity index is 817. The molecule has 2 aliphatic rings. The van der Waals surface area contributed by atoms with Crippen molar-refractivity contribution < 1.29 is 9.53 Å². The van der Waals surface area contributed by atoms with E-state index in [1.54, 1.807) is 5.57 Å². The Kier molecular flexibility index (Phi) is 9.22. The molecule has 0 heterocycles. The number of aliphatic hydroxyl groups excluding tert-OH is 1. The second-order valence-electron chi connectivity index (χ2n) is 12.1. The molecule has 0 radical (unpaired) electrons. The fourth-order valence-electron chi connectivity index (χ4n) is 5.46. The van der Waals surface area contributed by atoms with E-state index in [4.69, 9.17) is 9.53 Å². The summed E-state index contributed by atoms with van der Waals surface area (Å²) in [5.74, 6) is 1.93. The zero-order valence-electron chi connectivity index (χ0n) is 22.1. The highest BCUT2D eigenvalue weighted by Crippen LogP contribution is 2.51. The van der Waals surface area contributed by atoms with Crippen molar-refractivity contribution in [1.29, 1.82) is 0 Å². The predicted octanol–water partition coefficient (Wildman–Crippen LogP) is 8.01. The van der Waals surface area contributed by atoms with Gasteiger partial charge in [0.1, 0.15) is 0 Å². The summed E-state index contributed by atoms with van der Waals surface area (Å²) in [6, 6.07) is 8.91. The minimum Gasteiger partial charge on any atom is -0.413 e. The minimum atomic E-state index is -1.79. The molecule has 33 heavy (non-hydrogen) atoms. The maximum absolute atomic E-state index is 9.06. The maximum Gasteiger partial charge on any atom is 0.192 e. The van der Waals surface area contributed by atoms with Gasteiger partial charge in [-0.25, -0.2) is 0 Å². The molecule has 1 saturated carbocycles.